The van der Waals surface area contributed by atoms with Crippen molar-refractivity contribution >= 4 is 32.8 Å². The first-order valence-electron chi connectivity index (χ1n) is 8.24. The van der Waals surface area contributed by atoms with E-state index in [-0.39, 0.29) is 9.92 Å². The molecule has 4 nitrogen and oxygen atoms in total. The molecule has 0 radical (unpaired) electrons. The number of thiophene rings is 1. The summed E-state index contributed by atoms with van der Waals surface area (Å²) in [5, 5.41) is 4.29. The summed E-state index contributed by atoms with van der Waals surface area (Å²) in [6.45, 7) is 0. The Bertz CT molecular complexity index is 1280. The van der Waals surface area contributed by atoms with Crippen LogP contribution in [-0.4, -0.2) is 24.5 Å². The van der Waals surface area contributed by atoms with Crippen LogP contribution in [0.5, 0.6) is 0 Å². The van der Waals surface area contributed by atoms with Crippen molar-refractivity contribution in [2.45, 2.75) is 4.90 Å². The minimum atomic E-state index is -3.28. The predicted molar refractivity (Wildman–Crippen MR) is 110 cm³/mol. The van der Waals surface area contributed by atoms with E-state index in [0.29, 0.717) is 5.69 Å². The van der Waals surface area contributed by atoms with Crippen LogP contribution in [0.2, 0.25) is 5.02 Å². The number of benzene rings is 2. The highest BCUT2D eigenvalue weighted by Crippen LogP contribution is 2.36. The van der Waals surface area contributed by atoms with Crippen LogP contribution in [0.15, 0.2) is 71.8 Å². The van der Waals surface area contributed by atoms with E-state index in [4.69, 9.17) is 11.6 Å². The van der Waals surface area contributed by atoms with Gasteiger partial charge >= 0.3 is 0 Å². The SMILES string of the molecule is CS(=O)(=O)c1cccc(-c2ccc(-c3ccnn3-c3cccc(F)c3Cl)s2)c1. The first kappa shape index (κ1) is 18.9. The Hall–Kier alpha value is -2.48. The largest absolute Gasteiger partial charge is 0.231 e. The molecule has 0 spiro atoms. The Balaban J connectivity index is 1.76. The lowest BCUT2D eigenvalue weighted by molar-refractivity contribution is 0.602. The van der Waals surface area contributed by atoms with E-state index in [1.807, 2.05) is 24.3 Å². The van der Waals surface area contributed by atoms with Gasteiger partial charge in [-0.3, -0.25) is 0 Å². The number of hydrogen-bond donors (Lipinski definition) is 0. The zero-order valence-corrected chi connectivity index (χ0v) is 17.0. The Kier molecular flexibility index (Phi) is 4.82. The summed E-state index contributed by atoms with van der Waals surface area (Å²) in [5.41, 5.74) is 2.03. The molecule has 2 aromatic carbocycles. The quantitative estimate of drug-likeness (QED) is 0.430. The first-order chi connectivity index (χ1) is 13.3. The average Bonchev–Trinajstić information content (AvgIpc) is 3.32. The minimum absolute atomic E-state index is 0.00471. The van der Waals surface area contributed by atoms with Crippen LogP contribution >= 0.6 is 22.9 Å². The molecule has 0 aliphatic rings. The summed E-state index contributed by atoms with van der Waals surface area (Å²) in [6.07, 6.45) is 2.81. The third kappa shape index (κ3) is 3.48. The van der Waals surface area contributed by atoms with Gasteiger partial charge in [0, 0.05) is 11.1 Å². The van der Waals surface area contributed by atoms with Crippen LogP contribution in [0.25, 0.3) is 26.7 Å². The molecular formula is C20H14ClFN2O2S2. The van der Waals surface area contributed by atoms with Crippen molar-refractivity contribution in [1.82, 2.24) is 9.78 Å². The smallest absolute Gasteiger partial charge is 0.175 e. The second kappa shape index (κ2) is 7.16. The Morgan fingerprint density at radius 3 is 2.57 bits per heavy atom. The predicted octanol–water partition coefficient (Wildman–Crippen LogP) is 5.46. The van der Waals surface area contributed by atoms with Crippen molar-refractivity contribution < 1.29 is 12.8 Å². The third-order valence-corrected chi connectivity index (χ3v) is 6.85. The van der Waals surface area contributed by atoms with Crippen molar-refractivity contribution in [1.29, 1.82) is 0 Å². The van der Waals surface area contributed by atoms with E-state index in [9.17, 15) is 12.8 Å². The average molecular weight is 433 g/mol. The lowest BCUT2D eigenvalue weighted by atomic mass is 10.2. The standard InChI is InChI=1S/C20H14ClFN2O2S2/c1-28(25,26)14-5-2-4-13(12-14)18-8-9-19(27-18)16-10-11-23-24(16)17-7-3-6-15(22)20(17)21/h2-12H,1H3. The molecule has 2 aromatic heterocycles. The van der Waals surface area contributed by atoms with Crippen molar-refractivity contribution in [3.8, 4) is 26.7 Å². The topological polar surface area (TPSA) is 52.0 Å². The molecule has 0 N–H and O–H groups in total. The van der Waals surface area contributed by atoms with Crippen molar-refractivity contribution in [3.63, 3.8) is 0 Å². The molecule has 8 heteroatoms. The van der Waals surface area contributed by atoms with Crippen LogP contribution in [0.4, 0.5) is 4.39 Å². The van der Waals surface area contributed by atoms with Gasteiger partial charge in [-0.2, -0.15) is 5.10 Å². The molecule has 0 aliphatic carbocycles. The van der Waals surface area contributed by atoms with Crippen molar-refractivity contribution in [2.75, 3.05) is 6.26 Å². The van der Waals surface area contributed by atoms with E-state index in [0.717, 1.165) is 21.0 Å². The summed E-state index contributed by atoms with van der Waals surface area (Å²) in [7, 11) is -3.28. The van der Waals surface area contributed by atoms with Crippen molar-refractivity contribution in [3.05, 3.63) is 77.7 Å². The second-order valence-corrected chi connectivity index (χ2v) is 9.64. The van der Waals surface area contributed by atoms with Gasteiger partial charge in [-0.05, 0) is 48.0 Å². The van der Waals surface area contributed by atoms with Gasteiger partial charge in [0.25, 0.3) is 0 Å². The molecule has 0 aliphatic heterocycles. The molecule has 0 saturated heterocycles. The molecule has 2 heterocycles. The Labute approximate surface area is 170 Å². The monoisotopic (exact) mass is 432 g/mol. The van der Waals surface area contributed by atoms with Gasteiger partial charge in [0.15, 0.2) is 9.84 Å². The summed E-state index contributed by atoms with van der Waals surface area (Å²) in [6, 6.07) is 17.1. The van der Waals surface area contributed by atoms with Crippen LogP contribution in [0.1, 0.15) is 0 Å². The maximum atomic E-state index is 13.8. The number of hydrogen-bond acceptors (Lipinski definition) is 4. The molecule has 4 rings (SSSR count). The molecule has 0 fully saturated rings. The van der Waals surface area contributed by atoms with Gasteiger partial charge < -0.3 is 0 Å². The van der Waals surface area contributed by atoms with Crippen LogP contribution in [0.3, 0.4) is 0 Å². The van der Waals surface area contributed by atoms with E-state index in [1.54, 1.807) is 41.2 Å². The van der Waals surface area contributed by atoms with E-state index in [2.05, 4.69) is 5.10 Å². The molecule has 0 atom stereocenters. The van der Waals surface area contributed by atoms with Gasteiger partial charge in [-0.25, -0.2) is 17.5 Å². The fourth-order valence-electron chi connectivity index (χ4n) is 2.85. The summed E-state index contributed by atoms with van der Waals surface area (Å²) in [5.74, 6) is -0.509. The number of sulfone groups is 1. The summed E-state index contributed by atoms with van der Waals surface area (Å²) < 4.78 is 39.1. The normalized spacial score (nSPS) is 11.7. The Morgan fingerprint density at radius 2 is 1.79 bits per heavy atom. The van der Waals surface area contributed by atoms with Gasteiger partial charge in [0.05, 0.1) is 27.4 Å². The molecule has 0 amide bonds. The van der Waals surface area contributed by atoms with Gasteiger partial charge in [0.2, 0.25) is 0 Å². The maximum absolute atomic E-state index is 13.8. The highest BCUT2D eigenvalue weighted by molar-refractivity contribution is 7.90. The number of halogens is 2. The number of nitrogens with zero attached hydrogens (tertiary/aromatic N) is 2. The van der Waals surface area contributed by atoms with Crippen LogP contribution < -0.4 is 0 Å². The third-order valence-electron chi connectivity index (χ3n) is 4.21. The molecule has 142 valence electrons. The number of rotatable bonds is 4. The van der Waals surface area contributed by atoms with Crippen LogP contribution in [-0.2, 0) is 9.84 Å². The lowest BCUT2D eigenvalue weighted by Gasteiger charge is -2.08. The summed E-state index contributed by atoms with van der Waals surface area (Å²) >= 11 is 7.61. The van der Waals surface area contributed by atoms with Gasteiger partial charge in [-0.1, -0.05) is 29.8 Å². The molecule has 0 unspecified atom stereocenters. The molecule has 0 saturated carbocycles. The molecule has 4 aromatic rings. The maximum Gasteiger partial charge on any atom is 0.175 e. The first-order valence-corrected chi connectivity index (χ1v) is 11.3. The summed E-state index contributed by atoms with van der Waals surface area (Å²) in [4.78, 5) is 2.09. The second-order valence-electron chi connectivity index (χ2n) is 6.17. The fraction of sp³-hybridized carbons (Fsp3) is 0.0500. The van der Waals surface area contributed by atoms with Gasteiger partial charge in [-0.15, -0.1) is 11.3 Å². The van der Waals surface area contributed by atoms with E-state index in [1.165, 1.54) is 23.7 Å². The Morgan fingerprint density at radius 1 is 1.04 bits per heavy atom. The molecule has 28 heavy (non-hydrogen) atoms. The zero-order valence-electron chi connectivity index (χ0n) is 14.6. The van der Waals surface area contributed by atoms with Gasteiger partial charge in [0.1, 0.15) is 10.8 Å². The lowest BCUT2D eigenvalue weighted by Crippen LogP contribution is -2.00. The van der Waals surface area contributed by atoms with Crippen molar-refractivity contribution in [2.24, 2.45) is 0 Å². The number of aromatic nitrogens is 2. The van der Waals surface area contributed by atoms with E-state index < -0.39 is 15.7 Å². The zero-order chi connectivity index (χ0) is 19.9. The fourth-order valence-corrected chi connectivity index (χ4v) is 4.73. The molecular weight excluding hydrogens is 419 g/mol. The highest BCUT2D eigenvalue weighted by Gasteiger charge is 2.15. The minimum Gasteiger partial charge on any atom is -0.231 e. The van der Waals surface area contributed by atoms with Crippen LogP contribution in [0, 0.1) is 5.82 Å². The molecule has 0 bridgehead atoms. The van der Waals surface area contributed by atoms with E-state index >= 15 is 0 Å². The highest BCUT2D eigenvalue weighted by atomic mass is 35.5.